The Morgan fingerprint density at radius 2 is 2.27 bits per heavy atom. The second kappa shape index (κ2) is 4.94. The van der Waals surface area contributed by atoms with Crippen molar-refractivity contribution in [1.82, 2.24) is 10.3 Å². The predicted molar refractivity (Wildman–Crippen MR) is 50.8 cm³/mol. The summed E-state index contributed by atoms with van der Waals surface area (Å²) in [5.74, 6) is -1.02. The van der Waals surface area contributed by atoms with E-state index in [-0.39, 0.29) is 18.2 Å². The molecular weight excluding hydrogens is 200 g/mol. The molecule has 1 aromatic heterocycles. The summed E-state index contributed by atoms with van der Waals surface area (Å²) in [7, 11) is 1.50. The van der Waals surface area contributed by atoms with Gasteiger partial charge in [0.25, 0.3) is 5.91 Å². The summed E-state index contributed by atoms with van der Waals surface area (Å²) >= 11 is 0. The number of likely N-dealkylation sites (N-methyl/N-ethyl adjacent to an activating group) is 1. The molecule has 0 bridgehead atoms. The zero-order valence-corrected chi connectivity index (χ0v) is 8.06. The molecule has 0 aromatic carbocycles. The number of ether oxygens (including phenoxy) is 1. The van der Waals surface area contributed by atoms with Crippen molar-refractivity contribution >= 4 is 11.9 Å². The van der Waals surface area contributed by atoms with E-state index in [2.05, 4.69) is 10.3 Å². The SMILES string of the molecule is CNC(=O)COc1ccc(C(=O)O)nc1. The Morgan fingerprint density at radius 1 is 1.53 bits per heavy atom. The number of hydrogen-bond donors (Lipinski definition) is 2. The Hall–Kier alpha value is -2.11. The number of carboxylic acids is 1. The minimum atomic E-state index is -1.10. The Balaban J connectivity index is 2.57. The van der Waals surface area contributed by atoms with E-state index in [1.807, 2.05) is 0 Å². The highest BCUT2D eigenvalue weighted by Gasteiger charge is 2.04. The first kappa shape index (κ1) is 11.0. The van der Waals surface area contributed by atoms with Crippen molar-refractivity contribution in [3.63, 3.8) is 0 Å². The van der Waals surface area contributed by atoms with Crippen LogP contribution in [0.1, 0.15) is 10.5 Å². The Bertz CT molecular complexity index is 361. The quantitative estimate of drug-likeness (QED) is 0.724. The molecule has 0 aliphatic carbocycles. The highest BCUT2D eigenvalue weighted by molar-refractivity contribution is 5.85. The van der Waals surface area contributed by atoms with Gasteiger partial charge in [0, 0.05) is 7.05 Å². The third kappa shape index (κ3) is 3.26. The summed E-state index contributed by atoms with van der Waals surface area (Å²) in [6.45, 7) is -0.120. The highest BCUT2D eigenvalue weighted by Crippen LogP contribution is 2.08. The van der Waals surface area contributed by atoms with Crippen LogP contribution in [0.5, 0.6) is 5.75 Å². The molecule has 1 aromatic rings. The lowest BCUT2D eigenvalue weighted by molar-refractivity contribution is -0.122. The standard InChI is InChI=1S/C9H10N2O4/c1-10-8(12)5-15-6-2-3-7(9(13)14)11-4-6/h2-4H,5H2,1H3,(H,10,12)(H,13,14). The van der Waals surface area contributed by atoms with E-state index in [1.165, 1.54) is 25.4 Å². The molecule has 0 aliphatic heterocycles. The maximum atomic E-state index is 10.8. The molecule has 2 N–H and O–H groups in total. The van der Waals surface area contributed by atoms with Gasteiger partial charge in [-0.15, -0.1) is 0 Å². The van der Waals surface area contributed by atoms with E-state index in [4.69, 9.17) is 9.84 Å². The average Bonchev–Trinajstić information content (AvgIpc) is 2.26. The molecule has 15 heavy (non-hydrogen) atoms. The van der Waals surface area contributed by atoms with Crippen LogP contribution in [-0.4, -0.2) is 35.6 Å². The summed E-state index contributed by atoms with van der Waals surface area (Å²) in [6, 6.07) is 2.75. The molecular formula is C9H10N2O4. The monoisotopic (exact) mass is 210 g/mol. The van der Waals surface area contributed by atoms with E-state index < -0.39 is 5.97 Å². The molecule has 6 heteroatoms. The fourth-order valence-electron chi connectivity index (χ4n) is 0.813. The van der Waals surface area contributed by atoms with Crippen molar-refractivity contribution in [2.24, 2.45) is 0 Å². The maximum absolute atomic E-state index is 10.8. The van der Waals surface area contributed by atoms with E-state index in [1.54, 1.807) is 0 Å². The molecule has 0 saturated carbocycles. The van der Waals surface area contributed by atoms with Gasteiger partial charge in [-0.1, -0.05) is 0 Å². The lowest BCUT2D eigenvalue weighted by Gasteiger charge is -2.04. The molecule has 0 atom stereocenters. The van der Waals surface area contributed by atoms with E-state index in [0.29, 0.717) is 5.75 Å². The largest absolute Gasteiger partial charge is 0.482 e. The normalized spacial score (nSPS) is 9.40. The zero-order valence-electron chi connectivity index (χ0n) is 8.06. The van der Waals surface area contributed by atoms with Crippen LogP contribution in [0.25, 0.3) is 0 Å². The molecule has 0 unspecified atom stereocenters. The average molecular weight is 210 g/mol. The smallest absolute Gasteiger partial charge is 0.354 e. The Kier molecular flexibility index (Phi) is 3.61. The molecule has 1 amide bonds. The Labute approximate surface area is 85.9 Å². The van der Waals surface area contributed by atoms with Gasteiger partial charge in [0.15, 0.2) is 6.61 Å². The van der Waals surface area contributed by atoms with Gasteiger partial charge in [-0.3, -0.25) is 4.79 Å². The maximum Gasteiger partial charge on any atom is 0.354 e. The molecule has 80 valence electrons. The number of nitrogens with zero attached hydrogens (tertiary/aromatic N) is 1. The van der Waals surface area contributed by atoms with Gasteiger partial charge in [-0.25, -0.2) is 9.78 Å². The van der Waals surface area contributed by atoms with Gasteiger partial charge in [-0.05, 0) is 12.1 Å². The summed E-state index contributed by atoms with van der Waals surface area (Å²) in [6.07, 6.45) is 1.26. The molecule has 0 saturated heterocycles. The van der Waals surface area contributed by atoms with Gasteiger partial charge in [0.1, 0.15) is 11.4 Å². The first-order chi connectivity index (χ1) is 7.13. The van der Waals surface area contributed by atoms with Crippen LogP contribution in [0.3, 0.4) is 0 Å². The second-order valence-corrected chi connectivity index (χ2v) is 2.65. The minimum absolute atomic E-state index is 0.0673. The number of nitrogens with one attached hydrogen (secondary N) is 1. The fourth-order valence-corrected chi connectivity index (χ4v) is 0.813. The molecule has 0 spiro atoms. The fraction of sp³-hybridized carbons (Fsp3) is 0.222. The molecule has 6 nitrogen and oxygen atoms in total. The van der Waals surface area contributed by atoms with Crippen LogP contribution >= 0.6 is 0 Å². The van der Waals surface area contributed by atoms with Crippen molar-refractivity contribution < 1.29 is 19.4 Å². The van der Waals surface area contributed by atoms with Crippen LogP contribution in [0, 0.1) is 0 Å². The minimum Gasteiger partial charge on any atom is -0.482 e. The van der Waals surface area contributed by atoms with Crippen LogP contribution in [0.4, 0.5) is 0 Å². The van der Waals surface area contributed by atoms with Crippen molar-refractivity contribution in [3.05, 3.63) is 24.0 Å². The number of carbonyl (C=O) groups is 2. The highest BCUT2D eigenvalue weighted by atomic mass is 16.5. The Morgan fingerprint density at radius 3 is 2.73 bits per heavy atom. The number of hydrogen-bond acceptors (Lipinski definition) is 4. The van der Waals surface area contributed by atoms with Crippen LogP contribution in [-0.2, 0) is 4.79 Å². The third-order valence-corrected chi connectivity index (χ3v) is 1.60. The molecule has 1 rings (SSSR count). The van der Waals surface area contributed by atoms with E-state index in [0.717, 1.165) is 0 Å². The molecule has 0 aliphatic rings. The number of pyridine rings is 1. The van der Waals surface area contributed by atoms with Crippen molar-refractivity contribution in [2.75, 3.05) is 13.7 Å². The first-order valence-electron chi connectivity index (χ1n) is 4.16. The number of carbonyl (C=O) groups excluding carboxylic acids is 1. The third-order valence-electron chi connectivity index (χ3n) is 1.60. The van der Waals surface area contributed by atoms with Crippen LogP contribution < -0.4 is 10.1 Å². The summed E-state index contributed by atoms with van der Waals surface area (Å²) in [5.41, 5.74) is -0.0673. The topological polar surface area (TPSA) is 88.5 Å². The molecule has 1 heterocycles. The van der Waals surface area contributed by atoms with Crippen molar-refractivity contribution in [1.29, 1.82) is 0 Å². The predicted octanol–water partition coefficient (Wildman–Crippen LogP) is -0.0954. The summed E-state index contributed by atoms with van der Waals surface area (Å²) < 4.78 is 5.03. The number of aromatic nitrogens is 1. The van der Waals surface area contributed by atoms with Gasteiger partial charge >= 0.3 is 5.97 Å². The van der Waals surface area contributed by atoms with Gasteiger partial charge in [0.05, 0.1) is 6.20 Å². The van der Waals surface area contributed by atoms with Gasteiger partial charge < -0.3 is 15.2 Å². The first-order valence-corrected chi connectivity index (χ1v) is 4.16. The summed E-state index contributed by atoms with van der Waals surface area (Å²) in [4.78, 5) is 24.9. The van der Waals surface area contributed by atoms with Crippen molar-refractivity contribution in [2.45, 2.75) is 0 Å². The van der Waals surface area contributed by atoms with Gasteiger partial charge in [0.2, 0.25) is 0 Å². The lowest BCUT2D eigenvalue weighted by atomic mass is 10.3. The van der Waals surface area contributed by atoms with Crippen LogP contribution in [0.15, 0.2) is 18.3 Å². The molecule has 0 radical (unpaired) electrons. The zero-order chi connectivity index (χ0) is 11.3. The number of aromatic carboxylic acids is 1. The van der Waals surface area contributed by atoms with Gasteiger partial charge in [-0.2, -0.15) is 0 Å². The van der Waals surface area contributed by atoms with Crippen molar-refractivity contribution in [3.8, 4) is 5.75 Å². The summed E-state index contributed by atoms with van der Waals surface area (Å²) in [5, 5.41) is 11.0. The van der Waals surface area contributed by atoms with E-state index >= 15 is 0 Å². The number of amides is 1. The van der Waals surface area contributed by atoms with E-state index in [9.17, 15) is 9.59 Å². The van der Waals surface area contributed by atoms with Crippen LogP contribution in [0.2, 0.25) is 0 Å². The second-order valence-electron chi connectivity index (χ2n) is 2.65. The number of carboxylic acid groups (broad SMARTS) is 1. The lowest BCUT2D eigenvalue weighted by Crippen LogP contribution is -2.24. The number of rotatable bonds is 4. The molecule has 0 fully saturated rings.